The largest absolute Gasteiger partial charge is 0.317 e. The summed E-state index contributed by atoms with van der Waals surface area (Å²) >= 11 is 0. The van der Waals surface area contributed by atoms with Gasteiger partial charge in [-0.05, 0) is 12.1 Å². The number of imidazole rings is 1. The number of carbonyl (C=O) groups excluding carboxylic acids is 1. The number of nitrogens with zero attached hydrogens (tertiary/aromatic N) is 4. The minimum absolute atomic E-state index is 0.132. The number of hydrogen-bond acceptors (Lipinski definition) is 4. The van der Waals surface area contributed by atoms with Gasteiger partial charge in [-0.3, -0.25) is 9.89 Å². The van der Waals surface area contributed by atoms with Crippen LogP contribution in [-0.4, -0.2) is 30.6 Å². The third-order valence-electron chi connectivity index (χ3n) is 3.00. The Morgan fingerprint density at radius 3 is 2.95 bits per heavy atom. The third kappa shape index (κ3) is 2.66. The molecular formula is C14H14N6O. The molecule has 0 bridgehead atoms. The van der Waals surface area contributed by atoms with E-state index in [0.717, 1.165) is 5.69 Å². The Bertz CT molecular complexity index is 746. The fourth-order valence-corrected chi connectivity index (χ4v) is 1.94. The molecule has 0 fully saturated rings. The minimum atomic E-state index is -0.349. The molecule has 0 unspecified atom stereocenters. The molecule has 2 aromatic heterocycles. The third-order valence-corrected chi connectivity index (χ3v) is 3.00. The molecular weight excluding hydrogens is 268 g/mol. The molecule has 7 nitrogen and oxygen atoms in total. The number of aromatic nitrogens is 5. The highest BCUT2D eigenvalue weighted by Gasteiger charge is 2.14. The molecule has 1 aromatic carbocycles. The molecule has 0 aliphatic rings. The molecule has 0 atom stereocenters. The van der Waals surface area contributed by atoms with Crippen molar-refractivity contribution in [1.82, 2.24) is 24.7 Å². The van der Waals surface area contributed by atoms with E-state index in [-0.39, 0.29) is 11.7 Å². The van der Waals surface area contributed by atoms with Crippen LogP contribution in [0.2, 0.25) is 0 Å². The van der Waals surface area contributed by atoms with Crippen molar-refractivity contribution in [3.05, 3.63) is 54.6 Å². The van der Waals surface area contributed by atoms with E-state index in [9.17, 15) is 4.79 Å². The Morgan fingerprint density at radius 2 is 2.24 bits per heavy atom. The highest BCUT2D eigenvalue weighted by molar-refractivity contribution is 6.02. The molecule has 3 aromatic rings. The van der Waals surface area contributed by atoms with Gasteiger partial charge >= 0.3 is 0 Å². The van der Waals surface area contributed by atoms with Crippen LogP contribution >= 0.6 is 0 Å². The number of rotatable bonds is 4. The van der Waals surface area contributed by atoms with E-state index in [4.69, 9.17) is 0 Å². The molecule has 7 heteroatoms. The molecule has 2 N–H and O–H groups in total. The van der Waals surface area contributed by atoms with E-state index < -0.39 is 0 Å². The predicted molar refractivity (Wildman–Crippen MR) is 77.3 cm³/mol. The van der Waals surface area contributed by atoms with Crippen molar-refractivity contribution in [3.8, 4) is 5.69 Å². The first-order valence-corrected chi connectivity index (χ1v) is 6.58. The molecule has 3 rings (SSSR count). The molecule has 0 saturated carbocycles. The van der Waals surface area contributed by atoms with Gasteiger partial charge < -0.3 is 9.88 Å². The van der Waals surface area contributed by atoms with Crippen LogP contribution in [-0.2, 0) is 6.42 Å². The highest BCUT2D eigenvalue weighted by Crippen LogP contribution is 2.19. The lowest BCUT2D eigenvalue weighted by Gasteiger charge is -2.10. The molecule has 0 radical (unpaired) electrons. The number of anilines is 1. The number of amides is 1. The van der Waals surface area contributed by atoms with E-state index in [1.165, 1.54) is 0 Å². The quantitative estimate of drug-likeness (QED) is 0.763. The Labute approximate surface area is 121 Å². The van der Waals surface area contributed by atoms with Crippen LogP contribution < -0.4 is 5.32 Å². The van der Waals surface area contributed by atoms with Crippen LogP contribution in [0.25, 0.3) is 5.69 Å². The number of nitrogens with one attached hydrogen (secondary N) is 2. The average Bonchev–Trinajstić information content (AvgIpc) is 3.19. The van der Waals surface area contributed by atoms with Gasteiger partial charge in [-0.2, -0.15) is 0 Å². The van der Waals surface area contributed by atoms with E-state index in [1.807, 2.05) is 42.0 Å². The first-order valence-electron chi connectivity index (χ1n) is 6.58. The summed E-state index contributed by atoms with van der Waals surface area (Å²) in [5.74, 6) is 0.467. The molecule has 0 aliphatic carbocycles. The maximum atomic E-state index is 12.2. The lowest BCUT2D eigenvalue weighted by atomic mass is 10.2. The maximum absolute atomic E-state index is 12.2. The predicted octanol–water partition coefficient (Wildman–Crippen LogP) is 1.81. The van der Waals surface area contributed by atoms with Gasteiger partial charge in [0.15, 0.2) is 0 Å². The second kappa shape index (κ2) is 5.58. The lowest BCUT2D eigenvalue weighted by molar-refractivity contribution is 0.101. The summed E-state index contributed by atoms with van der Waals surface area (Å²) in [6.45, 7) is 1.94. The van der Waals surface area contributed by atoms with Crippen molar-refractivity contribution >= 4 is 11.6 Å². The summed E-state index contributed by atoms with van der Waals surface area (Å²) in [5, 5.41) is 9.46. The van der Waals surface area contributed by atoms with E-state index in [1.54, 1.807) is 12.5 Å². The molecule has 2 heterocycles. The van der Waals surface area contributed by atoms with Crippen molar-refractivity contribution < 1.29 is 4.79 Å². The summed E-state index contributed by atoms with van der Waals surface area (Å²) in [6.07, 6.45) is 5.87. The molecule has 106 valence electrons. The normalized spacial score (nSPS) is 10.5. The topological polar surface area (TPSA) is 88.5 Å². The van der Waals surface area contributed by atoms with Gasteiger partial charge in [0.1, 0.15) is 5.82 Å². The fourth-order valence-electron chi connectivity index (χ4n) is 1.94. The maximum Gasteiger partial charge on any atom is 0.295 e. The lowest BCUT2D eigenvalue weighted by Crippen LogP contribution is -2.15. The van der Waals surface area contributed by atoms with Crippen molar-refractivity contribution in [3.63, 3.8) is 0 Å². The average molecular weight is 282 g/mol. The van der Waals surface area contributed by atoms with Crippen molar-refractivity contribution in [2.24, 2.45) is 0 Å². The summed E-state index contributed by atoms with van der Waals surface area (Å²) < 4.78 is 1.82. The van der Waals surface area contributed by atoms with Crippen LogP contribution in [0.1, 0.15) is 23.4 Å². The Hall–Kier alpha value is -2.96. The Morgan fingerprint density at radius 1 is 1.38 bits per heavy atom. The van der Waals surface area contributed by atoms with Gasteiger partial charge in [0.05, 0.1) is 17.7 Å². The summed E-state index contributed by atoms with van der Waals surface area (Å²) in [7, 11) is 0. The Kier molecular flexibility index (Phi) is 3.46. The standard InChI is InChI=1S/C14H14N6O/c1-2-12-17-13(19-18-12)14(21)16-10-5-3-4-6-11(10)20-8-7-15-9-20/h3-9H,2H2,1H3,(H,16,21)(H,17,18,19). The summed E-state index contributed by atoms with van der Waals surface area (Å²) in [4.78, 5) is 20.3. The highest BCUT2D eigenvalue weighted by atomic mass is 16.2. The fraction of sp³-hybridized carbons (Fsp3) is 0.143. The van der Waals surface area contributed by atoms with Gasteiger partial charge in [0, 0.05) is 18.8 Å². The zero-order chi connectivity index (χ0) is 14.7. The van der Waals surface area contributed by atoms with Crippen molar-refractivity contribution in [2.45, 2.75) is 13.3 Å². The van der Waals surface area contributed by atoms with Gasteiger partial charge in [-0.1, -0.05) is 19.1 Å². The second-order valence-corrected chi connectivity index (χ2v) is 4.40. The van der Waals surface area contributed by atoms with Crippen molar-refractivity contribution in [1.29, 1.82) is 0 Å². The molecule has 0 saturated heterocycles. The first-order chi connectivity index (χ1) is 10.3. The summed E-state index contributed by atoms with van der Waals surface area (Å²) in [6, 6.07) is 7.46. The van der Waals surface area contributed by atoms with Gasteiger partial charge in [-0.25, -0.2) is 9.97 Å². The number of benzene rings is 1. The zero-order valence-electron chi connectivity index (χ0n) is 11.4. The smallest absolute Gasteiger partial charge is 0.295 e. The van der Waals surface area contributed by atoms with Crippen LogP contribution in [0.15, 0.2) is 43.0 Å². The van der Waals surface area contributed by atoms with Crippen LogP contribution in [0.5, 0.6) is 0 Å². The molecule has 21 heavy (non-hydrogen) atoms. The number of H-pyrrole nitrogens is 1. The van der Waals surface area contributed by atoms with E-state index >= 15 is 0 Å². The van der Waals surface area contributed by atoms with Gasteiger partial charge in [0.25, 0.3) is 5.91 Å². The Balaban J connectivity index is 1.86. The van der Waals surface area contributed by atoms with E-state index in [0.29, 0.717) is 17.9 Å². The number of carbonyl (C=O) groups is 1. The first kappa shape index (κ1) is 13.0. The van der Waals surface area contributed by atoms with Crippen LogP contribution in [0.3, 0.4) is 0 Å². The number of hydrogen-bond donors (Lipinski definition) is 2. The number of para-hydroxylation sites is 2. The molecule has 1 amide bonds. The minimum Gasteiger partial charge on any atom is -0.317 e. The van der Waals surface area contributed by atoms with Gasteiger partial charge in [-0.15, -0.1) is 5.10 Å². The van der Waals surface area contributed by atoms with Crippen LogP contribution in [0, 0.1) is 0 Å². The second-order valence-electron chi connectivity index (χ2n) is 4.40. The van der Waals surface area contributed by atoms with Crippen LogP contribution in [0.4, 0.5) is 5.69 Å². The molecule has 0 spiro atoms. The number of aryl methyl sites for hydroxylation is 1. The molecule has 0 aliphatic heterocycles. The van der Waals surface area contributed by atoms with Gasteiger partial charge in [0.2, 0.25) is 5.82 Å². The van der Waals surface area contributed by atoms with E-state index in [2.05, 4.69) is 25.5 Å². The SMILES string of the molecule is CCc1nc(C(=O)Nc2ccccc2-n2ccnc2)n[nH]1. The number of aromatic amines is 1. The summed E-state index contributed by atoms with van der Waals surface area (Å²) in [5.41, 5.74) is 1.50. The zero-order valence-corrected chi connectivity index (χ0v) is 11.4. The van der Waals surface area contributed by atoms with Crippen molar-refractivity contribution in [2.75, 3.05) is 5.32 Å². The monoisotopic (exact) mass is 282 g/mol.